The van der Waals surface area contributed by atoms with Crippen LogP contribution in [-0.4, -0.2) is 81.2 Å². The van der Waals surface area contributed by atoms with Gasteiger partial charge in [-0.05, 0) is 31.0 Å². The lowest BCUT2D eigenvalue weighted by atomic mass is 9.86. The Morgan fingerprint density at radius 3 is 2.35 bits per heavy atom. The largest absolute Gasteiger partial charge is 0.507 e. The van der Waals surface area contributed by atoms with Crippen molar-refractivity contribution in [3.05, 3.63) is 76.1 Å². The van der Waals surface area contributed by atoms with E-state index in [-0.39, 0.29) is 23.3 Å². The lowest BCUT2D eigenvalue weighted by molar-refractivity contribution is -0.453. The third-order valence-corrected chi connectivity index (χ3v) is 6.54. The second-order valence-corrected chi connectivity index (χ2v) is 8.97. The van der Waals surface area contributed by atoms with Gasteiger partial charge in [-0.15, -0.1) is 0 Å². The maximum absolute atomic E-state index is 13.1. The van der Waals surface area contributed by atoms with Gasteiger partial charge < -0.3 is 34.7 Å². The van der Waals surface area contributed by atoms with Crippen LogP contribution in [-0.2, 0) is 14.4 Å². The minimum Gasteiger partial charge on any atom is -0.507 e. The van der Waals surface area contributed by atoms with Gasteiger partial charge in [0.25, 0.3) is 0 Å². The van der Waals surface area contributed by atoms with Gasteiger partial charge >= 0.3 is 5.63 Å². The highest BCUT2D eigenvalue weighted by Crippen LogP contribution is 2.37. The molecular formula is C26H31NO10. The second-order valence-electron chi connectivity index (χ2n) is 8.97. The van der Waals surface area contributed by atoms with E-state index in [9.17, 15) is 30.3 Å². The highest BCUT2D eigenvalue weighted by atomic mass is 17.0. The molecule has 11 heteroatoms. The van der Waals surface area contributed by atoms with E-state index in [0.717, 1.165) is 10.8 Å². The van der Waals surface area contributed by atoms with Crippen molar-refractivity contribution in [2.75, 3.05) is 13.7 Å². The van der Waals surface area contributed by atoms with Crippen LogP contribution in [0.1, 0.15) is 30.4 Å². The van der Waals surface area contributed by atoms with E-state index in [0.29, 0.717) is 5.39 Å². The van der Waals surface area contributed by atoms with Crippen LogP contribution in [0.25, 0.3) is 11.0 Å². The molecule has 1 aromatic heterocycles. The summed E-state index contributed by atoms with van der Waals surface area (Å²) in [5.74, 6) is -0.833. The molecule has 4 rings (SSSR count). The molecule has 3 aromatic rings. The fourth-order valence-electron chi connectivity index (χ4n) is 4.57. The summed E-state index contributed by atoms with van der Waals surface area (Å²) in [5.41, 5.74) is 0.380. The van der Waals surface area contributed by atoms with Crippen LogP contribution in [0.4, 0.5) is 0 Å². The average Bonchev–Trinajstić information content (AvgIpc) is 2.91. The summed E-state index contributed by atoms with van der Waals surface area (Å²) in [6.07, 6.45) is -7.23. The number of ether oxygens (including phenoxy) is 1. The Labute approximate surface area is 212 Å². The molecule has 1 aliphatic rings. The van der Waals surface area contributed by atoms with Crippen LogP contribution in [0, 0.1) is 0 Å². The van der Waals surface area contributed by atoms with Gasteiger partial charge in [0, 0.05) is 5.92 Å². The Balaban J connectivity index is 1.64. The van der Waals surface area contributed by atoms with Crippen molar-refractivity contribution in [1.82, 2.24) is 5.23 Å². The summed E-state index contributed by atoms with van der Waals surface area (Å²) >= 11 is 0. The molecule has 1 fully saturated rings. The number of nitrogens with zero attached hydrogens (tertiary/aromatic N) is 1. The fraction of sp³-hybridized carbons (Fsp3) is 0.423. The van der Waals surface area contributed by atoms with Crippen LogP contribution in [0.3, 0.4) is 0 Å². The molecule has 11 nitrogen and oxygen atoms in total. The van der Waals surface area contributed by atoms with E-state index in [1.165, 1.54) is 7.11 Å². The number of fused-ring (bicyclic) bond motifs is 1. The van der Waals surface area contributed by atoms with E-state index in [1.54, 1.807) is 31.2 Å². The average molecular weight is 518 g/mol. The first-order valence-electron chi connectivity index (χ1n) is 11.9. The number of rotatable bonds is 9. The van der Waals surface area contributed by atoms with Crippen molar-refractivity contribution in [2.24, 2.45) is 0 Å². The normalized spacial score (nSPS) is 25.9. The molecule has 1 aliphatic heterocycles. The van der Waals surface area contributed by atoms with Crippen LogP contribution in [0.5, 0.6) is 5.75 Å². The molecule has 7 atom stereocenters. The molecule has 2 heterocycles. The van der Waals surface area contributed by atoms with Crippen LogP contribution in [0.15, 0.2) is 63.8 Å². The number of aliphatic hydroxyl groups excluding tert-OH is 4. The SMILES string of the molecule is CON(OC1O[C@@H](CO)[C@@H](O)[C@H](O)[C@@H]1O)C(C)CC(c1ccccc1)c1c(O)c2ccccc2oc1=O. The van der Waals surface area contributed by atoms with E-state index in [1.807, 2.05) is 30.3 Å². The Morgan fingerprint density at radius 2 is 1.68 bits per heavy atom. The first kappa shape index (κ1) is 27.2. The zero-order valence-corrected chi connectivity index (χ0v) is 20.4. The van der Waals surface area contributed by atoms with Gasteiger partial charge in [-0.3, -0.25) is 4.84 Å². The van der Waals surface area contributed by atoms with Crippen molar-refractivity contribution in [3.8, 4) is 5.75 Å². The lowest BCUT2D eigenvalue weighted by Gasteiger charge is -2.41. The molecule has 0 aliphatic carbocycles. The summed E-state index contributed by atoms with van der Waals surface area (Å²) < 4.78 is 10.9. The van der Waals surface area contributed by atoms with E-state index >= 15 is 0 Å². The van der Waals surface area contributed by atoms with Crippen LogP contribution >= 0.6 is 0 Å². The minimum absolute atomic E-state index is 0.0700. The first-order valence-corrected chi connectivity index (χ1v) is 11.9. The fourth-order valence-corrected chi connectivity index (χ4v) is 4.57. The van der Waals surface area contributed by atoms with Gasteiger partial charge in [-0.2, -0.15) is 0 Å². The van der Waals surface area contributed by atoms with E-state index in [4.69, 9.17) is 18.8 Å². The molecule has 200 valence electrons. The Morgan fingerprint density at radius 1 is 1.00 bits per heavy atom. The van der Waals surface area contributed by atoms with Gasteiger partial charge in [-0.25, -0.2) is 9.63 Å². The number of hydrogen-bond acceptors (Lipinski definition) is 11. The first-order chi connectivity index (χ1) is 17.8. The molecule has 0 saturated carbocycles. The van der Waals surface area contributed by atoms with Crippen LogP contribution < -0.4 is 5.63 Å². The molecule has 3 unspecified atom stereocenters. The van der Waals surface area contributed by atoms with Gasteiger partial charge in [-0.1, -0.05) is 47.7 Å². The van der Waals surface area contributed by atoms with Crippen molar-refractivity contribution in [3.63, 3.8) is 0 Å². The molecule has 2 aromatic carbocycles. The predicted molar refractivity (Wildman–Crippen MR) is 130 cm³/mol. The summed E-state index contributed by atoms with van der Waals surface area (Å²) in [5, 5.41) is 52.4. The maximum atomic E-state index is 13.1. The summed E-state index contributed by atoms with van der Waals surface area (Å²) in [4.78, 5) is 24.1. The number of para-hydroxylation sites is 1. The third kappa shape index (κ3) is 5.54. The quantitative estimate of drug-likeness (QED) is 0.203. The van der Waals surface area contributed by atoms with Crippen LogP contribution in [0.2, 0.25) is 0 Å². The molecule has 0 bridgehead atoms. The molecule has 37 heavy (non-hydrogen) atoms. The van der Waals surface area contributed by atoms with E-state index in [2.05, 4.69) is 0 Å². The minimum atomic E-state index is -1.64. The standard InChI is InChI=1S/C26H31NO10/c1-14(27(34-2)37-26-24(32)23(31)22(30)19(13-28)36-26)12-17(15-8-4-3-5-9-15)20-21(29)16-10-6-7-11-18(16)35-25(20)33/h3-11,14,17,19,22-24,26,28-32H,12-13H2,1-2H3/t14?,17?,19-,22+,23-,24-,26?/m0/s1. The molecule has 0 amide bonds. The number of hydroxylamine groups is 2. The monoisotopic (exact) mass is 517 g/mol. The molecule has 0 spiro atoms. The number of aromatic hydroxyl groups is 1. The Kier molecular flexibility index (Phi) is 8.57. The Bertz CT molecular complexity index is 1230. The smallest absolute Gasteiger partial charge is 0.343 e. The topological polar surface area (TPSA) is 162 Å². The molecule has 5 N–H and O–H groups in total. The van der Waals surface area contributed by atoms with Gasteiger partial charge in [0.05, 0.1) is 30.7 Å². The van der Waals surface area contributed by atoms with Crippen molar-refractivity contribution in [2.45, 2.75) is 56.0 Å². The van der Waals surface area contributed by atoms with Crippen molar-refractivity contribution >= 4 is 11.0 Å². The Hall–Kier alpha value is -2.87. The zero-order valence-electron chi connectivity index (χ0n) is 20.4. The second kappa shape index (κ2) is 11.7. The van der Waals surface area contributed by atoms with Gasteiger partial charge in [0.2, 0.25) is 6.29 Å². The highest BCUT2D eigenvalue weighted by Gasteiger charge is 2.45. The number of aliphatic hydroxyl groups is 4. The summed E-state index contributed by atoms with van der Waals surface area (Å²) in [6.45, 7) is 1.11. The zero-order chi connectivity index (χ0) is 26.7. The lowest BCUT2D eigenvalue weighted by Crippen LogP contribution is -2.60. The van der Waals surface area contributed by atoms with E-state index < -0.39 is 54.9 Å². The summed E-state index contributed by atoms with van der Waals surface area (Å²) in [6, 6.07) is 15.2. The molecule has 1 saturated heterocycles. The molecular weight excluding hydrogens is 486 g/mol. The predicted octanol–water partition coefficient (Wildman–Crippen LogP) is 1.00. The van der Waals surface area contributed by atoms with Gasteiger partial charge in [0.1, 0.15) is 35.7 Å². The summed E-state index contributed by atoms with van der Waals surface area (Å²) in [7, 11) is 1.32. The number of hydrogen-bond donors (Lipinski definition) is 5. The third-order valence-electron chi connectivity index (χ3n) is 6.54. The number of benzene rings is 2. The highest BCUT2D eigenvalue weighted by molar-refractivity contribution is 5.84. The molecule has 0 radical (unpaired) electrons. The van der Waals surface area contributed by atoms with Gasteiger partial charge in [0.15, 0.2) is 0 Å². The van der Waals surface area contributed by atoms with Crippen molar-refractivity contribution in [1.29, 1.82) is 0 Å². The van der Waals surface area contributed by atoms with Crippen molar-refractivity contribution < 1.29 is 44.4 Å². The maximum Gasteiger partial charge on any atom is 0.343 e.